The lowest BCUT2D eigenvalue weighted by molar-refractivity contribution is -0.164. The highest BCUT2D eigenvalue weighted by atomic mass is 35.5. The van der Waals surface area contributed by atoms with Crippen LogP contribution in [0.2, 0.25) is 0 Å². The van der Waals surface area contributed by atoms with Crippen LogP contribution in [0, 0.1) is 5.41 Å². The van der Waals surface area contributed by atoms with Gasteiger partial charge in [-0.3, -0.25) is 9.59 Å². The molecule has 1 aliphatic heterocycles. The molecule has 134 valence electrons. The number of esters is 2. The molecule has 1 aliphatic rings. The second-order valence-electron chi connectivity index (χ2n) is 6.42. The summed E-state index contributed by atoms with van der Waals surface area (Å²) >= 11 is 6.93. The van der Waals surface area contributed by atoms with E-state index in [0.717, 1.165) is 5.69 Å². The van der Waals surface area contributed by atoms with Crippen LogP contribution in [0.4, 0.5) is 0 Å². The summed E-state index contributed by atoms with van der Waals surface area (Å²) in [5, 5.41) is 0. The van der Waals surface area contributed by atoms with Gasteiger partial charge in [0.15, 0.2) is 0 Å². The number of cyclic esters (lactones) is 1. The van der Waals surface area contributed by atoms with Gasteiger partial charge in [0.2, 0.25) is 0 Å². The van der Waals surface area contributed by atoms with E-state index in [-0.39, 0.29) is 12.6 Å². The average Bonchev–Trinajstić information content (AvgIpc) is 3.02. The lowest BCUT2D eigenvalue weighted by Crippen LogP contribution is -2.54. The van der Waals surface area contributed by atoms with Crippen LogP contribution in [-0.2, 0) is 32.5 Å². The Labute approximate surface area is 147 Å². The van der Waals surface area contributed by atoms with Crippen LogP contribution in [0.3, 0.4) is 0 Å². The summed E-state index contributed by atoms with van der Waals surface area (Å²) in [5.41, 5.74) is -0.185. The van der Waals surface area contributed by atoms with Crippen LogP contribution in [0.15, 0.2) is 12.5 Å². The SMILES string of the molecule is CCCC(=O)OC(C)[C@@]1(CC)C(=O)OC[C@@]1(Cl)Cc1cncn1C. The fraction of sp³-hybridized carbons (Fsp3) is 0.706. The molecule has 0 N–H and O–H groups in total. The summed E-state index contributed by atoms with van der Waals surface area (Å²) in [6.45, 7) is 5.59. The van der Waals surface area contributed by atoms with Crippen LogP contribution in [-0.4, -0.2) is 39.1 Å². The topological polar surface area (TPSA) is 70.4 Å². The van der Waals surface area contributed by atoms with Gasteiger partial charge < -0.3 is 14.0 Å². The first-order valence-electron chi connectivity index (χ1n) is 8.31. The molecule has 1 saturated heterocycles. The van der Waals surface area contributed by atoms with E-state index in [1.165, 1.54) is 0 Å². The van der Waals surface area contributed by atoms with Gasteiger partial charge in [-0.15, -0.1) is 11.6 Å². The number of imidazole rings is 1. The Morgan fingerprint density at radius 2 is 2.25 bits per heavy atom. The first-order chi connectivity index (χ1) is 11.3. The van der Waals surface area contributed by atoms with E-state index in [1.807, 2.05) is 25.5 Å². The zero-order valence-corrected chi connectivity index (χ0v) is 15.4. The molecule has 3 atom stereocenters. The van der Waals surface area contributed by atoms with Crippen LogP contribution >= 0.6 is 11.6 Å². The van der Waals surface area contributed by atoms with Gasteiger partial charge in [-0.2, -0.15) is 0 Å². The van der Waals surface area contributed by atoms with Crippen molar-refractivity contribution in [2.45, 2.75) is 57.4 Å². The molecular formula is C17H25ClN2O4. The molecule has 6 nitrogen and oxygen atoms in total. The van der Waals surface area contributed by atoms with Gasteiger partial charge in [-0.05, 0) is 19.8 Å². The number of hydrogen-bond acceptors (Lipinski definition) is 5. The van der Waals surface area contributed by atoms with E-state index in [0.29, 0.717) is 25.7 Å². The van der Waals surface area contributed by atoms with E-state index < -0.39 is 22.4 Å². The number of aromatic nitrogens is 2. The van der Waals surface area contributed by atoms with Crippen molar-refractivity contribution in [2.75, 3.05) is 6.61 Å². The van der Waals surface area contributed by atoms with E-state index in [9.17, 15) is 9.59 Å². The summed E-state index contributed by atoms with van der Waals surface area (Å²) in [4.78, 5) is 27.7. The molecule has 1 unspecified atom stereocenters. The normalized spacial score (nSPS) is 27.8. The Kier molecular flexibility index (Phi) is 5.58. The number of nitrogens with zero attached hydrogens (tertiary/aromatic N) is 2. The quantitative estimate of drug-likeness (QED) is 0.554. The summed E-state index contributed by atoms with van der Waals surface area (Å²) in [6.07, 6.45) is 4.58. The number of rotatable bonds is 7. The minimum atomic E-state index is -1.08. The maximum atomic E-state index is 12.6. The molecule has 0 saturated carbocycles. The highest BCUT2D eigenvalue weighted by Crippen LogP contribution is 2.51. The average molecular weight is 357 g/mol. The third kappa shape index (κ3) is 3.04. The number of carbonyl (C=O) groups excluding carboxylic acids is 2. The zero-order valence-electron chi connectivity index (χ0n) is 14.7. The maximum Gasteiger partial charge on any atom is 0.317 e. The zero-order chi connectivity index (χ0) is 18.0. The highest BCUT2D eigenvalue weighted by Gasteiger charge is 2.65. The van der Waals surface area contributed by atoms with Crippen LogP contribution in [0.5, 0.6) is 0 Å². The molecular weight excluding hydrogens is 332 g/mol. The van der Waals surface area contributed by atoms with E-state index in [1.54, 1.807) is 19.4 Å². The van der Waals surface area contributed by atoms with E-state index in [4.69, 9.17) is 21.1 Å². The standard InChI is InChI=1S/C17H25ClN2O4/c1-5-7-14(21)24-12(3)17(6-2)15(22)23-10-16(17,18)8-13-9-19-11-20(13)4/h9,11-12H,5-8,10H2,1-4H3/t12?,16-,17-/m0/s1. The first kappa shape index (κ1) is 18.8. The smallest absolute Gasteiger partial charge is 0.317 e. The van der Waals surface area contributed by atoms with Crippen LogP contribution < -0.4 is 0 Å². The molecule has 1 aromatic rings. The van der Waals surface area contributed by atoms with Crippen molar-refractivity contribution < 1.29 is 19.1 Å². The van der Waals surface area contributed by atoms with Crippen molar-refractivity contribution in [3.05, 3.63) is 18.2 Å². The summed E-state index contributed by atoms with van der Waals surface area (Å²) in [5.74, 6) is -0.726. The second kappa shape index (κ2) is 7.13. The van der Waals surface area contributed by atoms with Gasteiger partial charge in [0.05, 0.1) is 6.33 Å². The lowest BCUT2D eigenvalue weighted by Gasteiger charge is -2.40. The third-order valence-electron chi connectivity index (χ3n) is 4.99. The maximum absolute atomic E-state index is 12.6. The fourth-order valence-corrected chi connectivity index (χ4v) is 4.07. The van der Waals surface area contributed by atoms with E-state index >= 15 is 0 Å². The Morgan fingerprint density at radius 1 is 1.54 bits per heavy atom. The Hall–Kier alpha value is -1.56. The highest BCUT2D eigenvalue weighted by molar-refractivity contribution is 6.27. The number of aryl methyl sites for hydroxylation is 1. The molecule has 24 heavy (non-hydrogen) atoms. The minimum Gasteiger partial charge on any atom is -0.463 e. The largest absolute Gasteiger partial charge is 0.463 e. The third-order valence-corrected chi connectivity index (χ3v) is 5.57. The van der Waals surface area contributed by atoms with Crippen molar-refractivity contribution in [1.82, 2.24) is 9.55 Å². The number of alkyl halides is 1. The molecule has 2 rings (SSSR count). The molecule has 1 fully saturated rings. The fourth-order valence-electron chi connectivity index (χ4n) is 3.51. The van der Waals surface area contributed by atoms with Gasteiger partial charge in [0.25, 0.3) is 0 Å². The van der Waals surface area contributed by atoms with Gasteiger partial charge in [0.1, 0.15) is 23.0 Å². The van der Waals surface area contributed by atoms with Gasteiger partial charge in [0, 0.05) is 31.8 Å². The monoisotopic (exact) mass is 356 g/mol. The molecule has 0 aliphatic carbocycles. The number of carbonyl (C=O) groups is 2. The number of halogens is 1. The predicted molar refractivity (Wildman–Crippen MR) is 89.6 cm³/mol. The van der Waals surface area contributed by atoms with Gasteiger partial charge in [-0.25, -0.2) is 4.98 Å². The molecule has 0 aromatic carbocycles. The molecule has 0 radical (unpaired) electrons. The van der Waals surface area contributed by atoms with Crippen molar-refractivity contribution in [2.24, 2.45) is 12.5 Å². The first-order valence-corrected chi connectivity index (χ1v) is 8.69. The van der Waals surface area contributed by atoms with Crippen molar-refractivity contribution in [3.8, 4) is 0 Å². The molecule has 7 heteroatoms. The molecule has 1 aromatic heterocycles. The Bertz CT molecular complexity index is 617. The van der Waals surface area contributed by atoms with Gasteiger partial charge >= 0.3 is 11.9 Å². The summed E-state index contributed by atoms with van der Waals surface area (Å²) in [7, 11) is 1.87. The number of ether oxygens (including phenoxy) is 2. The predicted octanol–water partition coefficient (Wildman–Crippen LogP) is 2.63. The van der Waals surface area contributed by atoms with Crippen molar-refractivity contribution in [3.63, 3.8) is 0 Å². The number of hydrogen-bond donors (Lipinski definition) is 0. The second-order valence-corrected chi connectivity index (χ2v) is 7.14. The summed E-state index contributed by atoms with van der Waals surface area (Å²) in [6, 6.07) is 0. The summed E-state index contributed by atoms with van der Waals surface area (Å²) < 4.78 is 12.7. The van der Waals surface area contributed by atoms with Crippen LogP contribution in [0.1, 0.15) is 45.7 Å². The minimum absolute atomic E-state index is 0.0854. The Balaban J connectivity index is 2.33. The van der Waals surface area contributed by atoms with Crippen molar-refractivity contribution >= 4 is 23.5 Å². The Morgan fingerprint density at radius 3 is 2.79 bits per heavy atom. The van der Waals surface area contributed by atoms with Crippen molar-refractivity contribution in [1.29, 1.82) is 0 Å². The molecule has 0 bridgehead atoms. The van der Waals surface area contributed by atoms with Gasteiger partial charge in [-0.1, -0.05) is 13.8 Å². The van der Waals surface area contributed by atoms with Crippen LogP contribution in [0.25, 0.3) is 0 Å². The molecule has 0 spiro atoms. The molecule has 2 heterocycles. The lowest BCUT2D eigenvalue weighted by atomic mass is 9.69. The molecule has 0 amide bonds. The van der Waals surface area contributed by atoms with E-state index in [2.05, 4.69) is 4.98 Å².